The minimum Gasteiger partial charge on any atom is -0.508 e. The number of benzene rings is 1. The van der Waals surface area contributed by atoms with Crippen LogP contribution in [-0.4, -0.2) is 42.1 Å². The normalized spacial score (nSPS) is 12.9. The number of rotatable bonds is 8. The van der Waals surface area contributed by atoms with Crippen LogP contribution in [0, 0.1) is 5.92 Å². The summed E-state index contributed by atoms with van der Waals surface area (Å²) in [7, 11) is 0. The summed E-state index contributed by atoms with van der Waals surface area (Å²) >= 11 is 0. The zero-order valence-corrected chi connectivity index (χ0v) is 12.9. The van der Waals surface area contributed by atoms with Crippen molar-refractivity contribution in [2.45, 2.75) is 39.9 Å². The molecule has 4 nitrogen and oxygen atoms in total. The average Bonchev–Trinajstić information content (AvgIpc) is 2.35. The predicted octanol–water partition coefficient (Wildman–Crippen LogP) is 2.64. The lowest BCUT2D eigenvalue weighted by molar-refractivity contribution is 0.00875. The third-order valence-electron chi connectivity index (χ3n) is 2.83. The monoisotopic (exact) mass is 281 g/mol. The second-order valence-electron chi connectivity index (χ2n) is 5.85. The molecule has 0 amide bonds. The fraction of sp³-hybridized carbons (Fsp3) is 0.625. The summed E-state index contributed by atoms with van der Waals surface area (Å²) in [5, 5.41) is 19.7. The fourth-order valence-electron chi connectivity index (χ4n) is 2.03. The van der Waals surface area contributed by atoms with Crippen LogP contribution >= 0.6 is 0 Å². The number of aliphatic hydroxyl groups is 1. The maximum absolute atomic E-state index is 10.1. The molecule has 0 aliphatic rings. The topological polar surface area (TPSA) is 52.9 Å². The number of anilines is 1. The van der Waals surface area contributed by atoms with Gasteiger partial charge in [-0.05, 0) is 31.9 Å². The van der Waals surface area contributed by atoms with E-state index in [0.717, 1.165) is 12.2 Å². The van der Waals surface area contributed by atoms with Crippen molar-refractivity contribution >= 4 is 5.69 Å². The number of hydrogen-bond acceptors (Lipinski definition) is 4. The molecule has 1 aromatic rings. The average molecular weight is 281 g/mol. The molecule has 0 bridgehead atoms. The minimum absolute atomic E-state index is 0.115. The first-order chi connectivity index (χ1) is 9.38. The van der Waals surface area contributed by atoms with Crippen molar-refractivity contribution in [2.75, 3.05) is 24.6 Å². The quantitative estimate of drug-likeness (QED) is 0.769. The van der Waals surface area contributed by atoms with Gasteiger partial charge < -0.3 is 19.8 Å². The Labute approximate surface area is 122 Å². The number of hydrogen-bond donors (Lipinski definition) is 2. The molecule has 0 aliphatic heterocycles. The molecule has 1 unspecified atom stereocenters. The summed E-state index contributed by atoms with van der Waals surface area (Å²) in [5.74, 6) is 0.708. The van der Waals surface area contributed by atoms with E-state index in [9.17, 15) is 10.2 Å². The SMILES string of the molecule is CC(C)CN(CC(O)COC(C)C)c1cccc(O)c1. The second-order valence-corrected chi connectivity index (χ2v) is 5.85. The van der Waals surface area contributed by atoms with Gasteiger partial charge in [-0.15, -0.1) is 0 Å². The van der Waals surface area contributed by atoms with Gasteiger partial charge in [0.1, 0.15) is 5.75 Å². The number of phenols is 1. The van der Waals surface area contributed by atoms with E-state index in [-0.39, 0.29) is 11.9 Å². The molecule has 0 aromatic heterocycles. The Morgan fingerprint density at radius 2 is 1.85 bits per heavy atom. The summed E-state index contributed by atoms with van der Waals surface area (Å²) in [4.78, 5) is 2.08. The van der Waals surface area contributed by atoms with Gasteiger partial charge in [-0.1, -0.05) is 19.9 Å². The van der Waals surface area contributed by atoms with E-state index >= 15 is 0 Å². The van der Waals surface area contributed by atoms with Gasteiger partial charge in [0.2, 0.25) is 0 Å². The molecular formula is C16H27NO3. The second kappa shape index (κ2) is 8.12. The Balaban J connectivity index is 2.69. The molecule has 4 heteroatoms. The van der Waals surface area contributed by atoms with Crippen molar-refractivity contribution in [1.82, 2.24) is 0 Å². The zero-order chi connectivity index (χ0) is 15.1. The van der Waals surface area contributed by atoms with E-state index in [1.807, 2.05) is 26.0 Å². The standard InChI is InChI=1S/C16H27NO3/c1-12(2)9-17(10-16(19)11-20-13(3)4)14-6-5-7-15(18)8-14/h5-8,12-13,16,18-19H,9-11H2,1-4H3. The number of aromatic hydroxyl groups is 1. The predicted molar refractivity (Wildman–Crippen MR) is 82.3 cm³/mol. The summed E-state index contributed by atoms with van der Waals surface area (Å²) in [6.45, 7) is 9.81. The van der Waals surface area contributed by atoms with Crippen molar-refractivity contribution in [1.29, 1.82) is 0 Å². The smallest absolute Gasteiger partial charge is 0.117 e. The molecule has 114 valence electrons. The van der Waals surface area contributed by atoms with Crippen LogP contribution in [0.2, 0.25) is 0 Å². The van der Waals surface area contributed by atoms with Gasteiger partial charge in [0.05, 0.1) is 18.8 Å². The molecule has 0 saturated heterocycles. The summed E-state index contributed by atoms with van der Waals surface area (Å²) in [6.07, 6.45) is -0.428. The van der Waals surface area contributed by atoms with Gasteiger partial charge >= 0.3 is 0 Å². The highest BCUT2D eigenvalue weighted by atomic mass is 16.5. The first-order valence-electron chi connectivity index (χ1n) is 7.22. The number of aliphatic hydroxyl groups excluding tert-OH is 1. The highest BCUT2D eigenvalue weighted by Crippen LogP contribution is 2.21. The third-order valence-corrected chi connectivity index (χ3v) is 2.83. The first-order valence-corrected chi connectivity index (χ1v) is 7.22. The number of nitrogens with zero attached hydrogens (tertiary/aromatic N) is 1. The zero-order valence-electron chi connectivity index (χ0n) is 12.9. The third kappa shape index (κ3) is 6.26. The van der Waals surface area contributed by atoms with E-state index in [0.29, 0.717) is 19.1 Å². The van der Waals surface area contributed by atoms with Gasteiger partial charge in [-0.25, -0.2) is 0 Å². The molecule has 0 radical (unpaired) electrons. The molecule has 1 aromatic carbocycles. The summed E-state index contributed by atoms with van der Waals surface area (Å²) in [6, 6.07) is 7.13. The van der Waals surface area contributed by atoms with Crippen molar-refractivity contribution in [3.05, 3.63) is 24.3 Å². The summed E-state index contributed by atoms with van der Waals surface area (Å²) < 4.78 is 5.44. The molecule has 0 heterocycles. The lowest BCUT2D eigenvalue weighted by Gasteiger charge is -2.29. The first kappa shape index (κ1) is 16.8. The molecule has 1 rings (SSSR count). The van der Waals surface area contributed by atoms with Crippen molar-refractivity contribution in [2.24, 2.45) is 5.92 Å². The van der Waals surface area contributed by atoms with Crippen LogP contribution in [0.3, 0.4) is 0 Å². The largest absolute Gasteiger partial charge is 0.508 e. The van der Waals surface area contributed by atoms with Crippen LogP contribution in [-0.2, 0) is 4.74 Å². The number of phenolic OH excluding ortho intramolecular Hbond substituents is 1. The molecule has 0 spiro atoms. The van der Waals surface area contributed by atoms with Gasteiger partial charge in [0, 0.05) is 24.8 Å². The van der Waals surface area contributed by atoms with Crippen molar-refractivity contribution in [3.63, 3.8) is 0 Å². The van der Waals surface area contributed by atoms with E-state index in [1.54, 1.807) is 12.1 Å². The Kier molecular flexibility index (Phi) is 6.82. The highest BCUT2D eigenvalue weighted by molar-refractivity contribution is 5.50. The molecular weight excluding hydrogens is 254 g/mol. The van der Waals surface area contributed by atoms with Gasteiger partial charge in [-0.2, -0.15) is 0 Å². The van der Waals surface area contributed by atoms with E-state index in [2.05, 4.69) is 18.7 Å². The van der Waals surface area contributed by atoms with Crippen LogP contribution in [0.5, 0.6) is 5.75 Å². The molecule has 0 saturated carbocycles. The lowest BCUT2D eigenvalue weighted by Crippen LogP contribution is -2.37. The van der Waals surface area contributed by atoms with Crippen LogP contribution in [0.15, 0.2) is 24.3 Å². The van der Waals surface area contributed by atoms with Crippen LogP contribution in [0.1, 0.15) is 27.7 Å². The Hall–Kier alpha value is -1.26. The molecule has 2 N–H and O–H groups in total. The molecule has 0 aliphatic carbocycles. The maximum Gasteiger partial charge on any atom is 0.117 e. The van der Waals surface area contributed by atoms with Crippen molar-refractivity contribution in [3.8, 4) is 5.75 Å². The Bertz CT molecular complexity index is 393. The maximum atomic E-state index is 10.1. The van der Waals surface area contributed by atoms with Crippen molar-refractivity contribution < 1.29 is 14.9 Å². The number of ether oxygens (including phenoxy) is 1. The van der Waals surface area contributed by atoms with Gasteiger partial charge in [0.15, 0.2) is 0 Å². The highest BCUT2D eigenvalue weighted by Gasteiger charge is 2.15. The molecule has 1 atom stereocenters. The van der Waals surface area contributed by atoms with Crippen LogP contribution in [0.25, 0.3) is 0 Å². The summed E-state index contributed by atoms with van der Waals surface area (Å²) in [5.41, 5.74) is 0.919. The lowest BCUT2D eigenvalue weighted by atomic mass is 10.1. The molecule has 0 fully saturated rings. The fourth-order valence-corrected chi connectivity index (χ4v) is 2.03. The van der Waals surface area contributed by atoms with Crippen LogP contribution in [0.4, 0.5) is 5.69 Å². The van der Waals surface area contributed by atoms with Gasteiger partial charge in [-0.3, -0.25) is 0 Å². The van der Waals surface area contributed by atoms with E-state index in [1.165, 1.54) is 0 Å². The molecule has 20 heavy (non-hydrogen) atoms. The van der Waals surface area contributed by atoms with E-state index in [4.69, 9.17) is 4.74 Å². The van der Waals surface area contributed by atoms with E-state index < -0.39 is 6.10 Å². The van der Waals surface area contributed by atoms with Gasteiger partial charge in [0.25, 0.3) is 0 Å². The Morgan fingerprint density at radius 3 is 2.40 bits per heavy atom. The van der Waals surface area contributed by atoms with Crippen LogP contribution < -0.4 is 4.90 Å². The Morgan fingerprint density at radius 1 is 1.15 bits per heavy atom. The minimum atomic E-state index is -0.543.